The molecule has 0 aliphatic carbocycles. The van der Waals surface area contributed by atoms with E-state index in [1.807, 2.05) is 0 Å². The first-order valence-electron chi connectivity index (χ1n) is 6.15. The summed E-state index contributed by atoms with van der Waals surface area (Å²) in [6.07, 6.45) is 5.64. The molecule has 1 N–H and O–H groups in total. The van der Waals surface area contributed by atoms with Crippen molar-refractivity contribution in [2.24, 2.45) is 5.92 Å². The quantitative estimate of drug-likeness (QED) is 0.736. The molecule has 0 aromatic carbocycles. The Labute approximate surface area is 92.5 Å². The van der Waals surface area contributed by atoms with Gasteiger partial charge in [-0.15, -0.1) is 0 Å². The fourth-order valence-electron chi connectivity index (χ4n) is 2.50. The number of carbonyl (C=O) groups is 1. The molecular weight excluding hydrogens is 190 g/mol. The molecule has 15 heavy (non-hydrogen) atoms. The van der Waals surface area contributed by atoms with Crippen LogP contribution in [-0.4, -0.2) is 35.1 Å². The van der Waals surface area contributed by atoms with Gasteiger partial charge < -0.3 is 5.11 Å². The number of aliphatic carboxylic acids is 1. The van der Waals surface area contributed by atoms with Gasteiger partial charge in [-0.3, -0.25) is 9.69 Å². The molecule has 0 aromatic heterocycles. The van der Waals surface area contributed by atoms with Crippen molar-refractivity contribution in [2.45, 2.75) is 52.0 Å². The zero-order valence-electron chi connectivity index (χ0n) is 9.91. The second kappa shape index (κ2) is 6.11. The predicted octanol–water partition coefficient (Wildman–Crippen LogP) is 2.36. The van der Waals surface area contributed by atoms with E-state index in [0.29, 0.717) is 6.04 Å². The van der Waals surface area contributed by atoms with Gasteiger partial charge in [-0.1, -0.05) is 26.7 Å². The number of carboxylic acids is 1. The minimum absolute atomic E-state index is 0.124. The maximum absolute atomic E-state index is 10.9. The molecular formula is C12H23NO2. The van der Waals surface area contributed by atoms with Crippen LogP contribution in [0.4, 0.5) is 0 Å². The molecule has 0 bridgehead atoms. The molecule has 1 aliphatic rings. The van der Waals surface area contributed by atoms with Crippen LogP contribution in [0.2, 0.25) is 0 Å². The summed E-state index contributed by atoms with van der Waals surface area (Å²) in [5.74, 6) is -0.745. The molecule has 3 nitrogen and oxygen atoms in total. The van der Waals surface area contributed by atoms with Gasteiger partial charge in [0.15, 0.2) is 0 Å². The first-order chi connectivity index (χ1) is 7.19. The summed E-state index contributed by atoms with van der Waals surface area (Å²) in [6.45, 7) is 6.14. The fraction of sp³-hybridized carbons (Fsp3) is 0.917. The third-order valence-corrected chi connectivity index (χ3v) is 3.33. The Morgan fingerprint density at radius 2 is 2.00 bits per heavy atom. The van der Waals surface area contributed by atoms with Gasteiger partial charge in [-0.05, 0) is 25.8 Å². The first kappa shape index (κ1) is 12.5. The van der Waals surface area contributed by atoms with Crippen molar-refractivity contribution in [3.05, 3.63) is 0 Å². The Morgan fingerprint density at radius 1 is 1.40 bits per heavy atom. The lowest BCUT2D eigenvalue weighted by molar-refractivity contribution is -0.141. The van der Waals surface area contributed by atoms with Crippen LogP contribution in [0.15, 0.2) is 0 Å². The predicted molar refractivity (Wildman–Crippen MR) is 60.9 cm³/mol. The third-order valence-electron chi connectivity index (χ3n) is 3.33. The van der Waals surface area contributed by atoms with Gasteiger partial charge in [0.2, 0.25) is 0 Å². The van der Waals surface area contributed by atoms with Gasteiger partial charge in [-0.25, -0.2) is 0 Å². The van der Waals surface area contributed by atoms with Crippen LogP contribution < -0.4 is 0 Å². The summed E-state index contributed by atoms with van der Waals surface area (Å²) in [4.78, 5) is 13.2. The lowest BCUT2D eigenvalue weighted by atomic mass is 10.1. The first-order valence-corrected chi connectivity index (χ1v) is 6.15. The molecule has 1 unspecified atom stereocenters. The average molecular weight is 213 g/mol. The molecule has 1 atom stereocenters. The zero-order chi connectivity index (χ0) is 11.3. The van der Waals surface area contributed by atoms with E-state index in [9.17, 15) is 4.79 Å². The highest BCUT2D eigenvalue weighted by Crippen LogP contribution is 2.23. The topological polar surface area (TPSA) is 40.5 Å². The molecule has 1 heterocycles. The maximum Gasteiger partial charge on any atom is 0.307 e. The molecule has 3 heteroatoms. The number of rotatable bonds is 6. The molecule has 0 amide bonds. The van der Waals surface area contributed by atoms with E-state index in [2.05, 4.69) is 18.7 Å². The highest BCUT2D eigenvalue weighted by molar-refractivity contribution is 5.70. The van der Waals surface area contributed by atoms with E-state index in [1.54, 1.807) is 0 Å². The minimum atomic E-state index is -0.621. The molecule has 0 aromatic rings. The molecule has 1 rings (SSSR count). The number of hydrogen-bond acceptors (Lipinski definition) is 2. The largest absolute Gasteiger partial charge is 0.481 e. The van der Waals surface area contributed by atoms with Crippen molar-refractivity contribution in [3.8, 4) is 0 Å². The van der Waals surface area contributed by atoms with Gasteiger partial charge in [0.1, 0.15) is 0 Å². The van der Waals surface area contributed by atoms with E-state index in [1.165, 1.54) is 25.7 Å². The average Bonchev–Trinajstić information content (AvgIpc) is 2.66. The van der Waals surface area contributed by atoms with Crippen LogP contribution >= 0.6 is 0 Å². The summed E-state index contributed by atoms with van der Waals surface area (Å²) in [7, 11) is 0. The van der Waals surface area contributed by atoms with E-state index >= 15 is 0 Å². The Balaban J connectivity index is 2.44. The van der Waals surface area contributed by atoms with Gasteiger partial charge in [0.05, 0.1) is 5.92 Å². The molecule has 1 fully saturated rings. The van der Waals surface area contributed by atoms with Crippen molar-refractivity contribution in [1.29, 1.82) is 0 Å². The highest BCUT2D eigenvalue weighted by Gasteiger charge is 2.31. The summed E-state index contributed by atoms with van der Waals surface area (Å²) in [5.41, 5.74) is 0. The molecule has 0 saturated carbocycles. The normalized spacial score (nSPS) is 22.5. The van der Waals surface area contributed by atoms with Crippen LogP contribution in [0.5, 0.6) is 0 Å². The summed E-state index contributed by atoms with van der Waals surface area (Å²) in [6, 6.07) is 0.615. The smallest absolute Gasteiger partial charge is 0.307 e. The summed E-state index contributed by atoms with van der Waals surface area (Å²) >= 11 is 0. The van der Waals surface area contributed by atoms with Crippen LogP contribution in [0.25, 0.3) is 0 Å². The van der Waals surface area contributed by atoms with Crippen molar-refractivity contribution in [3.63, 3.8) is 0 Å². The molecule has 0 spiro atoms. The molecule has 88 valence electrons. The van der Waals surface area contributed by atoms with Crippen LogP contribution in [0.3, 0.4) is 0 Å². The number of carboxylic acid groups (broad SMARTS) is 1. The SMILES string of the molecule is CCCC(CCC)N1CCC(C(=O)O)C1. The van der Waals surface area contributed by atoms with E-state index in [0.717, 1.165) is 19.5 Å². The van der Waals surface area contributed by atoms with E-state index < -0.39 is 5.97 Å². The van der Waals surface area contributed by atoms with Crippen molar-refractivity contribution in [1.82, 2.24) is 4.90 Å². The Bertz CT molecular complexity index is 200. The van der Waals surface area contributed by atoms with Gasteiger partial charge in [-0.2, -0.15) is 0 Å². The number of nitrogens with zero attached hydrogens (tertiary/aromatic N) is 1. The van der Waals surface area contributed by atoms with Crippen LogP contribution in [0.1, 0.15) is 46.0 Å². The lowest BCUT2D eigenvalue weighted by Crippen LogP contribution is -2.34. The molecule has 1 aliphatic heterocycles. The van der Waals surface area contributed by atoms with Gasteiger partial charge in [0, 0.05) is 12.6 Å². The summed E-state index contributed by atoms with van der Waals surface area (Å²) < 4.78 is 0. The monoisotopic (exact) mass is 213 g/mol. The van der Waals surface area contributed by atoms with Crippen molar-refractivity contribution in [2.75, 3.05) is 13.1 Å². The van der Waals surface area contributed by atoms with Crippen LogP contribution in [-0.2, 0) is 4.79 Å². The molecule has 1 saturated heterocycles. The highest BCUT2D eigenvalue weighted by atomic mass is 16.4. The zero-order valence-corrected chi connectivity index (χ0v) is 9.91. The van der Waals surface area contributed by atoms with Crippen LogP contribution in [0, 0.1) is 5.92 Å². The van der Waals surface area contributed by atoms with E-state index in [4.69, 9.17) is 5.11 Å². The summed E-state index contributed by atoms with van der Waals surface area (Å²) in [5, 5.41) is 8.95. The molecule has 0 radical (unpaired) electrons. The minimum Gasteiger partial charge on any atom is -0.481 e. The fourth-order valence-corrected chi connectivity index (χ4v) is 2.50. The number of likely N-dealkylation sites (tertiary alicyclic amines) is 1. The van der Waals surface area contributed by atoms with Crippen molar-refractivity contribution >= 4 is 5.97 Å². The second-order valence-electron chi connectivity index (χ2n) is 4.55. The van der Waals surface area contributed by atoms with Crippen molar-refractivity contribution < 1.29 is 9.90 Å². The second-order valence-corrected chi connectivity index (χ2v) is 4.55. The Kier molecular flexibility index (Phi) is 5.09. The van der Waals surface area contributed by atoms with Gasteiger partial charge >= 0.3 is 5.97 Å². The maximum atomic E-state index is 10.9. The Hall–Kier alpha value is -0.570. The van der Waals surface area contributed by atoms with Gasteiger partial charge in [0.25, 0.3) is 0 Å². The standard InChI is InChI=1S/C12H23NO2/c1-3-5-11(6-4-2)13-8-7-10(9-13)12(14)15/h10-11H,3-9H2,1-2H3,(H,14,15). The Morgan fingerprint density at radius 3 is 2.40 bits per heavy atom. The third kappa shape index (κ3) is 3.49. The number of hydrogen-bond donors (Lipinski definition) is 1. The lowest BCUT2D eigenvalue weighted by Gasteiger charge is -2.27. The van der Waals surface area contributed by atoms with E-state index in [-0.39, 0.29) is 5.92 Å².